The standard InChI is InChI=1S/C14H11ClFNO3S/c1-21(19,20)11-4-2-3-9(7-11)14(18)17-13-6-5-10(15)8-12(13)16/h2-8H,1H3,(H,17,18). The molecule has 2 aromatic carbocycles. The van der Waals surface area contributed by atoms with Gasteiger partial charge in [0.2, 0.25) is 0 Å². The van der Waals surface area contributed by atoms with Crippen LogP contribution < -0.4 is 5.32 Å². The largest absolute Gasteiger partial charge is 0.319 e. The minimum absolute atomic E-state index is 0.0201. The summed E-state index contributed by atoms with van der Waals surface area (Å²) in [6.45, 7) is 0. The number of nitrogens with one attached hydrogen (secondary N) is 1. The van der Waals surface area contributed by atoms with Gasteiger partial charge in [-0.15, -0.1) is 0 Å². The minimum atomic E-state index is -3.42. The van der Waals surface area contributed by atoms with Crippen molar-refractivity contribution in [1.29, 1.82) is 0 Å². The summed E-state index contributed by atoms with van der Waals surface area (Å²) in [6.07, 6.45) is 1.04. The summed E-state index contributed by atoms with van der Waals surface area (Å²) in [5.74, 6) is -1.28. The molecular formula is C14H11ClFNO3S. The lowest BCUT2D eigenvalue weighted by molar-refractivity contribution is 0.102. The molecular weight excluding hydrogens is 317 g/mol. The Morgan fingerprint density at radius 1 is 1.19 bits per heavy atom. The van der Waals surface area contributed by atoms with E-state index in [4.69, 9.17) is 11.6 Å². The molecule has 7 heteroatoms. The van der Waals surface area contributed by atoms with Gasteiger partial charge >= 0.3 is 0 Å². The Kier molecular flexibility index (Phi) is 4.29. The fourth-order valence-electron chi connectivity index (χ4n) is 1.65. The molecule has 0 aromatic heterocycles. The molecule has 0 heterocycles. The van der Waals surface area contributed by atoms with Gasteiger partial charge in [-0.05, 0) is 36.4 Å². The van der Waals surface area contributed by atoms with E-state index in [1.165, 1.54) is 36.4 Å². The minimum Gasteiger partial charge on any atom is -0.319 e. The molecule has 0 aliphatic heterocycles. The van der Waals surface area contributed by atoms with E-state index < -0.39 is 21.6 Å². The van der Waals surface area contributed by atoms with E-state index in [1.807, 2.05) is 0 Å². The van der Waals surface area contributed by atoms with Crippen molar-refractivity contribution in [3.05, 3.63) is 58.9 Å². The van der Waals surface area contributed by atoms with Crippen LogP contribution in [0.15, 0.2) is 47.4 Å². The number of benzene rings is 2. The molecule has 2 aromatic rings. The number of sulfone groups is 1. The summed E-state index contributed by atoms with van der Waals surface area (Å²) in [6, 6.07) is 9.35. The van der Waals surface area contributed by atoms with Crippen LogP contribution in [-0.2, 0) is 9.84 Å². The van der Waals surface area contributed by atoms with Crippen molar-refractivity contribution in [3.8, 4) is 0 Å². The third-order valence-corrected chi connectivity index (χ3v) is 4.05. The first-order valence-electron chi connectivity index (χ1n) is 5.84. The van der Waals surface area contributed by atoms with Crippen LogP contribution in [0.25, 0.3) is 0 Å². The molecule has 0 spiro atoms. The molecule has 21 heavy (non-hydrogen) atoms. The van der Waals surface area contributed by atoms with Crippen molar-refractivity contribution in [1.82, 2.24) is 0 Å². The highest BCUT2D eigenvalue weighted by atomic mass is 35.5. The van der Waals surface area contributed by atoms with Crippen LogP contribution >= 0.6 is 11.6 Å². The van der Waals surface area contributed by atoms with Crippen molar-refractivity contribution in [2.45, 2.75) is 4.90 Å². The predicted octanol–water partition coefficient (Wildman–Crippen LogP) is 3.13. The van der Waals surface area contributed by atoms with Gasteiger partial charge in [-0.3, -0.25) is 4.79 Å². The average molecular weight is 328 g/mol. The summed E-state index contributed by atoms with van der Waals surface area (Å²) in [5.41, 5.74) is 0.0847. The van der Waals surface area contributed by atoms with E-state index in [-0.39, 0.29) is 21.2 Å². The lowest BCUT2D eigenvalue weighted by atomic mass is 10.2. The van der Waals surface area contributed by atoms with Crippen molar-refractivity contribution in [3.63, 3.8) is 0 Å². The topological polar surface area (TPSA) is 63.2 Å². The molecule has 4 nitrogen and oxygen atoms in total. The van der Waals surface area contributed by atoms with Crippen molar-refractivity contribution >= 4 is 33.0 Å². The summed E-state index contributed by atoms with van der Waals surface area (Å²) < 4.78 is 36.5. The molecule has 0 fully saturated rings. The number of carbonyl (C=O) groups excluding carboxylic acids is 1. The van der Waals surface area contributed by atoms with Crippen LogP contribution in [-0.4, -0.2) is 20.6 Å². The number of anilines is 1. The quantitative estimate of drug-likeness (QED) is 0.942. The molecule has 2 rings (SSSR count). The highest BCUT2D eigenvalue weighted by molar-refractivity contribution is 7.90. The first-order chi connectivity index (χ1) is 9.77. The van der Waals surface area contributed by atoms with Gasteiger partial charge in [0.15, 0.2) is 9.84 Å². The number of carbonyl (C=O) groups is 1. The number of halogens is 2. The van der Waals surface area contributed by atoms with Gasteiger partial charge in [-0.1, -0.05) is 17.7 Å². The average Bonchev–Trinajstić information content (AvgIpc) is 2.41. The number of amides is 1. The van der Waals surface area contributed by atoms with Crippen molar-refractivity contribution in [2.24, 2.45) is 0 Å². The Bertz CT molecular complexity index is 806. The van der Waals surface area contributed by atoms with Gasteiger partial charge in [0, 0.05) is 16.8 Å². The Morgan fingerprint density at radius 2 is 1.90 bits per heavy atom. The normalized spacial score (nSPS) is 11.2. The summed E-state index contributed by atoms with van der Waals surface area (Å²) >= 11 is 5.62. The summed E-state index contributed by atoms with van der Waals surface area (Å²) in [4.78, 5) is 12.0. The first-order valence-corrected chi connectivity index (χ1v) is 8.11. The third kappa shape index (κ3) is 3.80. The zero-order chi connectivity index (χ0) is 15.6. The fourth-order valence-corrected chi connectivity index (χ4v) is 2.48. The molecule has 0 unspecified atom stereocenters. The summed E-state index contributed by atoms with van der Waals surface area (Å²) in [5, 5.41) is 2.58. The molecule has 0 saturated heterocycles. The molecule has 1 N–H and O–H groups in total. The van der Waals surface area contributed by atoms with Crippen LogP contribution in [0.4, 0.5) is 10.1 Å². The van der Waals surface area contributed by atoms with Crippen LogP contribution in [0.2, 0.25) is 5.02 Å². The highest BCUT2D eigenvalue weighted by Crippen LogP contribution is 2.20. The van der Waals surface area contributed by atoms with Gasteiger partial charge in [0.25, 0.3) is 5.91 Å². The lowest BCUT2D eigenvalue weighted by Crippen LogP contribution is -2.13. The maximum Gasteiger partial charge on any atom is 0.255 e. The molecule has 0 bridgehead atoms. The Morgan fingerprint density at radius 3 is 2.52 bits per heavy atom. The smallest absolute Gasteiger partial charge is 0.255 e. The second-order valence-corrected chi connectivity index (χ2v) is 6.83. The van der Waals surface area contributed by atoms with Gasteiger partial charge < -0.3 is 5.32 Å². The zero-order valence-electron chi connectivity index (χ0n) is 10.9. The summed E-state index contributed by atoms with van der Waals surface area (Å²) in [7, 11) is -3.42. The van der Waals surface area contributed by atoms with Gasteiger partial charge in [-0.2, -0.15) is 0 Å². The Hall–Kier alpha value is -1.92. The van der Waals surface area contributed by atoms with Crippen molar-refractivity contribution < 1.29 is 17.6 Å². The van der Waals surface area contributed by atoms with Crippen molar-refractivity contribution in [2.75, 3.05) is 11.6 Å². The molecule has 110 valence electrons. The fraction of sp³-hybridized carbons (Fsp3) is 0.0714. The maximum atomic E-state index is 13.6. The number of hydrogen-bond acceptors (Lipinski definition) is 3. The maximum absolute atomic E-state index is 13.6. The number of rotatable bonds is 3. The lowest BCUT2D eigenvalue weighted by Gasteiger charge is -2.07. The third-order valence-electron chi connectivity index (χ3n) is 2.70. The molecule has 0 aliphatic rings. The van der Waals surface area contributed by atoms with Gasteiger partial charge in [0.05, 0.1) is 10.6 Å². The van der Waals surface area contributed by atoms with E-state index in [9.17, 15) is 17.6 Å². The monoisotopic (exact) mass is 327 g/mol. The van der Waals surface area contributed by atoms with Crippen LogP contribution in [0.5, 0.6) is 0 Å². The Labute approximate surface area is 126 Å². The van der Waals surface area contributed by atoms with E-state index >= 15 is 0 Å². The SMILES string of the molecule is CS(=O)(=O)c1cccc(C(=O)Nc2ccc(Cl)cc2F)c1. The molecule has 0 atom stereocenters. The van der Waals surface area contributed by atoms with Crippen LogP contribution in [0.1, 0.15) is 10.4 Å². The first kappa shape index (κ1) is 15.5. The van der Waals surface area contributed by atoms with Crippen LogP contribution in [0, 0.1) is 5.82 Å². The Balaban J connectivity index is 2.29. The molecule has 0 aliphatic carbocycles. The van der Waals surface area contributed by atoms with Gasteiger partial charge in [-0.25, -0.2) is 12.8 Å². The van der Waals surface area contributed by atoms with Gasteiger partial charge in [0.1, 0.15) is 5.82 Å². The molecule has 0 radical (unpaired) electrons. The van der Waals surface area contributed by atoms with E-state index in [0.29, 0.717) is 0 Å². The second-order valence-electron chi connectivity index (χ2n) is 4.38. The number of hydrogen-bond donors (Lipinski definition) is 1. The molecule has 1 amide bonds. The zero-order valence-corrected chi connectivity index (χ0v) is 12.5. The van der Waals surface area contributed by atoms with Crippen LogP contribution in [0.3, 0.4) is 0 Å². The predicted molar refractivity (Wildman–Crippen MR) is 78.9 cm³/mol. The van der Waals surface area contributed by atoms with E-state index in [1.54, 1.807) is 0 Å². The van der Waals surface area contributed by atoms with E-state index in [2.05, 4.69) is 5.32 Å². The second kappa shape index (κ2) is 5.83. The van der Waals surface area contributed by atoms with E-state index in [0.717, 1.165) is 12.3 Å². The highest BCUT2D eigenvalue weighted by Gasteiger charge is 2.13. The molecule has 0 saturated carbocycles.